The van der Waals surface area contributed by atoms with Gasteiger partial charge in [-0.1, -0.05) is 48.5 Å². The molecule has 0 aliphatic carbocycles. The topological polar surface area (TPSA) is 175 Å². The molecule has 3 rings (SSSR count). The summed E-state index contributed by atoms with van der Waals surface area (Å²) in [6.07, 6.45) is 1.28. The Balaban J connectivity index is 1.69. The summed E-state index contributed by atoms with van der Waals surface area (Å²) < 4.78 is 0. The molecule has 0 saturated heterocycles. The second-order valence-electron chi connectivity index (χ2n) is 8.25. The number of hydrogen-bond acceptors (Lipinski definition) is 5. The average Bonchev–Trinajstić information content (AvgIpc) is 3.24. The lowest BCUT2D eigenvalue weighted by Gasteiger charge is -2.22. The molecule has 0 saturated carbocycles. The van der Waals surface area contributed by atoms with E-state index in [0.29, 0.717) is 5.56 Å². The van der Waals surface area contributed by atoms with Crippen molar-refractivity contribution in [2.24, 2.45) is 5.73 Å². The van der Waals surface area contributed by atoms with Gasteiger partial charge in [-0.25, -0.2) is 4.79 Å². The molecule has 184 valence electrons. The summed E-state index contributed by atoms with van der Waals surface area (Å²) in [4.78, 5) is 51.6. The van der Waals surface area contributed by atoms with E-state index in [2.05, 4.69) is 15.6 Å². The number of aromatic amines is 1. The molecule has 0 spiro atoms. The lowest BCUT2D eigenvalue weighted by atomic mass is 10.0. The number of H-pyrrole nitrogens is 1. The third-order valence-corrected chi connectivity index (χ3v) is 5.63. The van der Waals surface area contributed by atoms with E-state index >= 15 is 0 Å². The zero-order valence-corrected chi connectivity index (χ0v) is 18.9. The fourth-order valence-corrected chi connectivity index (χ4v) is 3.77. The van der Waals surface area contributed by atoms with Gasteiger partial charge in [0.15, 0.2) is 0 Å². The van der Waals surface area contributed by atoms with Crippen molar-refractivity contribution < 1.29 is 29.4 Å². The Morgan fingerprint density at radius 1 is 0.857 bits per heavy atom. The number of carboxylic acids is 2. The van der Waals surface area contributed by atoms with Crippen LogP contribution in [0.5, 0.6) is 0 Å². The molecule has 10 nitrogen and oxygen atoms in total. The maximum Gasteiger partial charge on any atom is 0.326 e. The van der Waals surface area contributed by atoms with Gasteiger partial charge >= 0.3 is 11.9 Å². The van der Waals surface area contributed by atoms with Gasteiger partial charge in [0.05, 0.1) is 6.04 Å². The Morgan fingerprint density at radius 2 is 1.51 bits per heavy atom. The van der Waals surface area contributed by atoms with Crippen molar-refractivity contribution in [3.05, 3.63) is 71.9 Å². The Bertz CT molecular complexity index is 1190. The van der Waals surface area contributed by atoms with Crippen LogP contribution < -0.4 is 16.4 Å². The number of fused-ring (bicyclic) bond motifs is 1. The predicted octanol–water partition coefficient (Wildman–Crippen LogP) is 1.20. The molecule has 1 heterocycles. The molecule has 0 aliphatic rings. The van der Waals surface area contributed by atoms with Crippen LogP contribution in [0.4, 0.5) is 0 Å². The van der Waals surface area contributed by atoms with E-state index < -0.39 is 48.3 Å². The molecule has 7 N–H and O–H groups in total. The first kappa shape index (κ1) is 25.4. The van der Waals surface area contributed by atoms with E-state index in [4.69, 9.17) is 10.8 Å². The van der Waals surface area contributed by atoms with Crippen molar-refractivity contribution >= 4 is 34.7 Å². The number of carbonyl (C=O) groups excluding carboxylic acids is 2. The summed E-state index contributed by atoms with van der Waals surface area (Å²) in [7, 11) is 0. The minimum Gasteiger partial charge on any atom is -0.481 e. The van der Waals surface area contributed by atoms with E-state index in [1.54, 1.807) is 6.20 Å². The second-order valence-corrected chi connectivity index (χ2v) is 8.25. The van der Waals surface area contributed by atoms with Crippen molar-refractivity contribution in [1.82, 2.24) is 15.6 Å². The molecule has 3 atom stereocenters. The van der Waals surface area contributed by atoms with Crippen molar-refractivity contribution in [2.75, 3.05) is 0 Å². The minimum absolute atomic E-state index is 0.00178. The molecular weight excluding hydrogens is 452 g/mol. The van der Waals surface area contributed by atoms with E-state index in [1.807, 2.05) is 54.6 Å². The number of para-hydroxylation sites is 1. The maximum absolute atomic E-state index is 12.9. The summed E-state index contributed by atoms with van der Waals surface area (Å²) in [5, 5.41) is 24.5. The van der Waals surface area contributed by atoms with Crippen LogP contribution in [0, 0.1) is 0 Å². The molecule has 2 aromatic carbocycles. The Hall–Kier alpha value is -4.18. The number of nitrogens with two attached hydrogens (primary N) is 1. The van der Waals surface area contributed by atoms with E-state index in [9.17, 15) is 24.3 Å². The molecule has 10 heteroatoms. The van der Waals surface area contributed by atoms with Crippen molar-refractivity contribution in [3.63, 3.8) is 0 Å². The molecule has 2 amide bonds. The van der Waals surface area contributed by atoms with Gasteiger partial charge in [0.25, 0.3) is 0 Å². The Labute approximate surface area is 201 Å². The number of aromatic nitrogens is 1. The lowest BCUT2D eigenvalue weighted by Crippen LogP contribution is -2.55. The van der Waals surface area contributed by atoms with Crippen LogP contribution in [-0.4, -0.2) is 57.1 Å². The van der Waals surface area contributed by atoms with Crippen LogP contribution in [0.3, 0.4) is 0 Å². The zero-order chi connectivity index (χ0) is 25.4. The Kier molecular flexibility index (Phi) is 8.58. The first-order valence-electron chi connectivity index (χ1n) is 11.1. The van der Waals surface area contributed by atoms with E-state index in [0.717, 1.165) is 16.5 Å². The standard InChI is InChI=1S/C25H28N4O6/c26-18(12-15-6-2-1-3-7-15)23(32)28-20(10-11-22(30)31)24(33)29-21(25(34)35)13-16-14-27-19-9-5-4-8-17(16)19/h1-9,14,18,20-21,27H,10-13,26H2,(H,28,32)(H,29,33)(H,30,31)(H,34,35). The molecule has 0 bridgehead atoms. The summed E-state index contributed by atoms with van der Waals surface area (Å²) in [5.41, 5.74) is 8.34. The number of carbonyl (C=O) groups is 4. The summed E-state index contributed by atoms with van der Waals surface area (Å²) in [6.45, 7) is 0. The number of benzene rings is 2. The number of nitrogens with one attached hydrogen (secondary N) is 3. The Morgan fingerprint density at radius 3 is 2.20 bits per heavy atom. The van der Waals surface area contributed by atoms with Crippen molar-refractivity contribution in [1.29, 1.82) is 0 Å². The van der Waals surface area contributed by atoms with Gasteiger partial charge in [0.1, 0.15) is 12.1 Å². The van der Waals surface area contributed by atoms with Crippen LogP contribution in [0.1, 0.15) is 24.0 Å². The van der Waals surface area contributed by atoms with Crippen LogP contribution in [-0.2, 0) is 32.0 Å². The van der Waals surface area contributed by atoms with Crippen LogP contribution >= 0.6 is 0 Å². The number of aliphatic carboxylic acids is 2. The number of hydrogen-bond donors (Lipinski definition) is 6. The van der Waals surface area contributed by atoms with Crippen LogP contribution in [0.25, 0.3) is 10.9 Å². The highest BCUT2D eigenvalue weighted by molar-refractivity contribution is 5.92. The first-order valence-corrected chi connectivity index (χ1v) is 11.1. The molecule has 0 aliphatic heterocycles. The minimum atomic E-state index is -1.29. The normalized spacial score (nSPS) is 13.5. The smallest absolute Gasteiger partial charge is 0.326 e. The SMILES string of the molecule is NC(Cc1ccccc1)C(=O)NC(CCC(=O)O)C(=O)NC(Cc1c[nH]c2ccccc12)C(=O)O. The lowest BCUT2D eigenvalue weighted by molar-refractivity contribution is -0.143. The van der Waals surface area contributed by atoms with Crippen LogP contribution in [0.2, 0.25) is 0 Å². The van der Waals surface area contributed by atoms with E-state index in [1.165, 1.54) is 0 Å². The van der Waals surface area contributed by atoms with Crippen LogP contribution in [0.15, 0.2) is 60.8 Å². The number of rotatable bonds is 12. The average molecular weight is 481 g/mol. The third-order valence-electron chi connectivity index (χ3n) is 5.63. The van der Waals surface area contributed by atoms with E-state index in [-0.39, 0.29) is 19.3 Å². The zero-order valence-electron chi connectivity index (χ0n) is 18.9. The van der Waals surface area contributed by atoms with Gasteiger partial charge in [-0.15, -0.1) is 0 Å². The number of carboxylic acid groups (broad SMARTS) is 2. The number of amides is 2. The summed E-state index contributed by atoms with van der Waals surface area (Å²) >= 11 is 0. The van der Waals surface area contributed by atoms with Gasteiger partial charge in [0, 0.05) is 29.9 Å². The molecule has 3 unspecified atom stereocenters. The highest BCUT2D eigenvalue weighted by Crippen LogP contribution is 2.19. The molecule has 0 fully saturated rings. The molecule has 3 aromatic rings. The molecule has 0 radical (unpaired) electrons. The largest absolute Gasteiger partial charge is 0.481 e. The van der Waals surface area contributed by atoms with Crippen molar-refractivity contribution in [3.8, 4) is 0 Å². The third kappa shape index (κ3) is 7.15. The fraction of sp³-hybridized carbons (Fsp3) is 0.280. The fourth-order valence-electron chi connectivity index (χ4n) is 3.77. The van der Waals surface area contributed by atoms with Gasteiger partial charge in [-0.2, -0.15) is 0 Å². The van der Waals surface area contributed by atoms with Crippen molar-refractivity contribution in [2.45, 2.75) is 43.8 Å². The van der Waals surface area contributed by atoms with Gasteiger partial charge in [0.2, 0.25) is 11.8 Å². The molecular formula is C25H28N4O6. The first-order chi connectivity index (χ1) is 16.7. The second kappa shape index (κ2) is 11.8. The van der Waals surface area contributed by atoms with Gasteiger partial charge in [-0.05, 0) is 30.0 Å². The summed E-state index contributed by atoms with van der Waals surface area (Å²) in [6, 6.07) is 12.9. The quantitative estimate of drug-likeness (QED) is 0.226. The maximum atomic E-state index is 12.9. The molecule has 35 heavy (non-hydrogen) atoms. The highest BCUT2D eigenvalue weighted by Gasteiger charge is 2.29. The monoisotopic (exact) mass is 480 g/mol. The highest BCUT2D eigenvalue weighted by atomic mass is 16.4. The predicted molar refractivity (Wildman–Crippen MR) is 128 cm³/mol. The van der Waals surface area contributed by atoms with Gasteiger partial charge in [-0.3, -0.25) is 14.4 Å². The summed E-state index contributed by atoms with van der Waals surface area (Å²) in [5.74, 6) is -3.84. The van der Waals surface area contributed by atoms with Gasteiger partial charge < -0.3 is 31.6 Å². The molecule has 1 aromatic heterocycles.